The number of carbonyl (C=O) groups excluding carboxylic acids is 2. The molecule has 0 heterocycles. The van der Waals surface area contributed by atoms with E-state index in [2.05, 4.69) is 34.9 Å². The van der Waals surface area contributed by atoms with Crippen LogP contribution in [0.2, 0.25) is 0 Å². The van der Waals surface area contributed by atoms with Gasteiger partial charge in [-0.3, -0.25) is 9.59 Å². The predicted octanol–water partition coefficient (Wildman–Crippen LogP) is 4.70. The zero-order valence-corrected chi connectivity index (χ0v) is 20.4. The molecule has 4 rings (SSSR count). The summed E-state index contributed by atoms with van der Waals surface area (Å²) in [5, 5.41) is 15.0. The van der Waals surface area contributed by atoms with E-state index in [9.17, 15) is 19.5 Å². The van der Waals surface area contributed by atoms with Crippen molar-refractivity contribution in [2.24, 2.45) is 10.8 Å². The average molecular weight is 479 g/mol. The number of nitrogens with one attached hydrogen (secondary N) is 2. The van der Waals surface area contributed by atoms with Crippen LogP contribution in [0.5, 0.6) is 0 Å². The molecule has 7 nitrogen and oxygen atoms in total. The van der Waals surface area contributed by atoms with Crippen LogP contribution >= 0.6 is 0 Å². The minimum Gasteiger partial charge on any atom is -0.481 e. The number of aliphatic carboxylic acids is 1. The fourth-order valence-corrected chi connectivity index (χ4v) is 5.21. The van der Waals surface area contributed by atoms with Crippen LogP contribution < -0.4 is 10.6 Å². The van der Waals surface area contributed by atoms with Crippen molar-refractivity contribution in [2.75, 3.05) is 19.7 Å². The Morgan fingerprint density at radius 2 is 1.54 bits per heavy atom. The van der Waals surface area contributed by atoms with Crippen molar-refractivity contribution in [3.05, 3.63) is 59.7 Å². The minimum absolute atomic E-state index is 0.0190. The summed E-state index contributed by atoms with van der Waals surface area (Å²) in [5.41, 5.74) is 3.05. The number of alkyl carbamates (subject to hydrolysis) is 1. The van der Waals surface area contributed by atoms with E-state index in [0.717, 1.165) is 24.0 Å². The normalized spacial score (nSPS) is 16.3. The van der Waals surface area contributed by atoms with Crippen LogP contribution in [0, 0.1) is 10.8 Å². The molecule has 7 heteroatoms. The lowest BCUT2D eigenvalue weighted by atomic mass is 9.84. The topological polar surface area (TPSA) is 105 Å². The first-order valence-corrected chi connectivity index (χ1v) is 12.3. The molecule has 2 aromatic carbocycles. The number of rotatable bonds is 9. The first kappa shape index (κ1) is 24.8. The summed E-state index contributed by atoms with van der Waals surface area (Å²) in [6, 6.07) is 16.4. The molecule has 0 spiro atoms. The highest BCUT2D eigenvalue weighted by Crippen LogP contribution is 2.44. The molecule has 0 aliphatic heterocycles. The highest BCUT2D eigenvalue weighted by atomic mass is 16.5. The summed E-state index contributed by atoms with van der Waals surface area (Å²) in [4.78, 5) is 37.0. The SMILES string of the molecule is CC(C)(CCNC(=O)C1(CNC(=O)OCC2c3ccccc3-c3ccccc32)CCCC1)C(=O)O. The molecule has 0 unspecified atom stereocenters. The largest absolute Gasteiger partial charge is 0.481 e. The van der Waals surface area contributed by atoms with Crippen molar-refractivity contribution >= 4 is 18.0 Å². The molecule has 0 aromatic heterocycles. The fourth-order valence-electron chi connectivity index (χ4n) is 5.21. The molecule has 1 saturated carbocycles. The highest BCUT2D eigenvalue weighted by molar-refractivity contribution is 5.84. The number of fused-ring (bicyclic) bond motifs is 3. The molecule has 35 heavy (non-hydrogen) atoms. The Hall–Kier alpha value is -3.35. The van der Waals surface area contributed by atoms with Crippen molar-refractivity contribution in [2.45, 2.75) is 51.9 Å². The maximum Gasteiger partial charge on any atom is 0.407 e. The van der Waals surface area contributed by atoms with Crippen LogP contribution in [0.3, 0.4) is 0 Å². The van der Waals surface area contributed by atoms with Crippen LogP contribution in [0.4, 0.5) is 4.79 Å². The zero-order chi connectivity index (χ0) is 25.1. The van der Waals surface area contributed by atoms with Crippen LogP contribution in [-0.2, 0) is 14.3 Å². The van der Waals surface area contributed by atoms with Gasteiger partial charge in [0.05, 0.1) is 10.8 Å². The fraction of sp³-hybridized carbons (Fsp3) is 0.464. The molecule has 0 saturated heterocycles. The van der Waals surface area contributed by atoms with Gasteiger partial charge in [-0.15, -0.1) is 0 Å². The Morgan fingerprint density at radius 3 is 2.11 bits per heavy atom. The number of hydrogen-bond donors (Lipinski definition) is 3. The van der Waals surface area contributed by atoms with Gasteiger partial charge in [0.1, 0.15) is 6.61 Å². The van der Waals surface area contributed by atoms with Gasteiger partial charge in [-0.1, -0.05) is 61.4 Å². The zero-order valence-electron chi connectivity index (χ0n) is 20.4. The number of amides is 2. The number of carboxylic acid groups (broad SMARTS) is 1. The van der Waals surface area contributed by atoms with Crippen LogP contribution in [0.15, 0.2) is 48.5 Å². The summed E-state index contributed by atoms with van der Waals surface area (Å²) in [5.74, 6) is -1.04. The third kappa shape index (κ3) is 5.19. The van der Waals surface area contributed by atoms with Crippen molar-refractivity contribution in [3.63, 3.8) is 0 Å². The third-order valence-corrected chi connectivity index (χ3v) is 7.57. The smallest absolute Gasteiger partial charge is 0.407 e. The Bertz CT molecular complexity index is 1060. The number of carboxylic acids is 1. The van der Waals surface area contributed by atoms with Gasteiger partial charge in [0.15, 0.2) is 0 Å². The standard InChI is InChI=1S/C28H34N2O5/c1-27(2,25(32)33)15-16-29-24(31)28(13-7-8-14-28)18-30-26(34)35-17-23-21-11-5-3-9-19(21)20-10-4-6-12-22(20)23/h3-6,9-12,23H,7-8,13-18H2,1-2H3,(H,29,31)(H,30,34)(H,32,33). The Labute approximate surface area is 206 Å². The number of ether oxygens (including phenoxy) is 1. The van der Waals surface area contributed by atoms with Crippen molar-refractivity contribution < 1.29 is 24.2 Å². The van der Waals surface area contributed by atoms with Gasteiger partial charge in [-0.2, -0.15) is 0 Å². The van der Waals surface area contributed by atoms with Crippen molar-refractivity contribution in [3.8, 4) is 11.1 Å². The quantitative estimate of drug-likeness (QED) is 0.484. The number of carbonyl (C=O) groups is 3. The summed E-state index contributed by atoms with van der Waals surface area (Å²) >= 11 is 0. The molecule has 0 bridgehead atoms. The van der Waals surface area contributed by atoms with E-state index in [-0.39, 0.29) is 31.5 Å². The van der Waals surface area contributed by atoms with E-state index < -0.39 is 22.9 Å². The van der Waals surface area contributed by atoms with Crippen molar-refractivity contribution in [1.29, 1.82) is 0 Å². The second-order valence-corrected chi connectivity index (χ2v) is 10.4. The molecule has 2 aliphatic carbocycles. The van der Waals surface area contributed by atoms with E-state index in [1.807, 2.05) is 24.3 Å². The van der Waals surface area contributed by atoms with E-state index >= 15 is 0 Å². The van der Waals surface area contributed by atoms with Crippen LogP contribution in [0.1, 0.15) is 63.0 Å². The molecular formula is C28H34N2O5. The second-order valence-electron chi connectivity index (χ2n) is 10.4. The molecule has 2 aliphatic rings. The van der Waals surface area contributed by atoms with E-state index in [4.69, 9.17) is 4.74 Å². The van der Waals surface area contributed by atoms with Gasteiger partial charge in [-0.25, -0.2) is 4.79 Å². The Morgan fingerprint density at radius 1 is 0.971 bits per heavy atom. The average Bonchev–Trinajstić information content (AvgIpc) is 3.45. The highest BCUT2D eigenvalue weighted by Gasteiger charge is 2.41. The first-order valence-electron chi connectivity index (χ1n) is 12.3. The third-order valence-electron chi connectivity index (χ3n) is 7.57. The van der Waals surface area contributed by atoms with E-state index in [1.165, 1.54) is 11.1 Å². The monoisotopic (exact) mass is 478 g/mol. The summed E-state index contributed by atoms with van der Waals surface area (Å²) in [7, 11) is 0. The molecule has 3 N–H and O–H groups in total. The first-order chi connectivity index (χ1) is 16.7. The Kier molecular flexibility index (Phi) is 7.15. The molecule has 1 fully saturated rings. The number of benzene rings is 2. The number of hydrogen-bond acceptors (Lipinski definition) is 4. The van der Waals surface area contributed by atoms with Gasteiger partial charge in [0.25, 0.3) is 0 Å². The summed E-state index contributed by atoms with van der Waals surface area (Å²) in [6.07, 6.45) is 3.01. The maximum atomic E-state index is 13.0. The Balaban J connectivity index is 1.32. The van der Waals surface area contributed by atoms with Crippen molar-refractivity contribution in [1.82, 2.24) is 10.6 Å². The lowest BCUT2D eigenvalue weighted by Crippen LogP contribution is -2.48. The molecule has 0 atom stereocenters. The van der Waals surface area contributed by atoms with Gasteiger partial charge in [-0.05, 0) is 55.4 Å². The summed E-state index contributed by atoms with van der Waals surface area (Å²) in [6.45, 7) is 4.00. The van der Waals surface area contributed by atoms with E-state index in [1.54, 1.807) is 13.8 Å². The van der Waals surface area contributed by atoms with Gasteiger partial charge in [0, 0.05) is 19.0 Å². The lowest BCUT2D eigenvalue weighted by Gasteiger charge is -2.28. The summed E-state index contributed by atoms with van der Waals surface area (Å²) < 4.78 is 5.63. The molecule has 2 amide bonds. The predicted molar refractivity (Wildman–Crippen MR) is 133 cm³/mol. The van der Waals surface area contributed by atoms with Gasteiger partial charge >= 0.3 is 12.1 Å². The van der Waals surface area contributed by atoms with Crippen LogP contribution in [0.25, 0.3) is 11.1 Å². The van der Waals surface area contributed by atoms with Gasteiger partial charge in [0.2, 0.25) is 5.91 Å². The molecule has 186 valence electrons. The molecular weight excluding hydrogens is 444 g/mol. The lowest BCUT2D eigenvalue weighted by molar-refractivity contribution is -0.147. The molecule has 2 aromatic rings. The van der Waals surface area contributed by atoms with Crippen LogP contribution in [-0.4, -0.2) is 42.8 Å². The minimum atomic E-state index is -0.907. The van der Waals surface area contributed by atoms with Gasteiger partial charge < -0.3 is 20.5 Å². The maximum absolute atomic E-state index is 13.0. The second kappa shape index (κ2) is 10.1. The molecule has 0 radical (unpaired) electrons. The van der Waals surface area contributed by atoms with E-state index in [0.29, 0.717) is 19.3 Å².